The van der Waals surface area contributed by atoms with Crippen LogP contribution in [0.5, 0.6) is 0 Å². The Kier molecular flexibility index (Phi) is 4.13. The standard InChI is InChI=1S/C23H20N2OS/c26-23(19-10-9-16-5-1-2-6-18(16)15-19)25-13-11-17(12-14-25)22-24-20-7-3-4-8-21(20)27-22/h1-10,15,17H,11-14H2. The van der Waals surface area contributed by atoms with Crippen molar-refractivity contribution in [2.24, 2.45) is 0 Å². The number of fused-ring (bicyclic) bond motifs is 2. The number of hydrogen-bond acceptors (Lipinski definition) is 3. The van der Waals surface area contributed by atoms with Gasteiger partial charge in [0.1, 0.15) is 0 Å². The lowest BCUT2D eigenvalue weighted by atomic mass is 9.96. The SMILES string of the molecule is O=C(c1ccc2ccccc2c1)N1CCC(c2nc3ccccc3s2)CC1. The Morgan fingerprint density at radius 2 is 1.67 bits per heavy atom. The van der Waals surface area contributed by atoms with Crippen LogP contribution in [-0.4, -0.2) is 28.9 Å². The predicted octanol–water partition coefficient (Wildman–Crippen LogP) is 5.47. The molecule has 1 saturated heterocycles. The van der Waals surface area contributed by atoms with Crippen LogP contribution >= 0.6 is 11.3 Å². The third-order valence-electron chi connectivity index (χ3n) is 5.44. The van der Waals surface area contributed by atoms with Gasteiger partial charge in [0.25, 0.3) is 5.91 Å². The molecule has 5 rings (SSSR count). The zero-order chi connectivity index (χ0) is 18.2. The Hall–Kier alpha value is -2.72. The van der Waals surface area contributed by atoms with E-state index in [0.717, 1.165) is 42.4 Å². The summed E-state index contributed by atoms with van der Waals surface area (Å²) in [6, 6.07) is 22.5. The van der Waals surface area contributed by atoms with Crippen LogP contribution in [-0.2, 0) is 0 Å². The first-order valence-corrected chi connectivity index (χ1v) is 10.2. The van der Waals surface area contributed by atoms with Crippen molar-refractivity contribution in [3.05, 3.63) is 77.3 Å². The highest BCUT2D eigenvalue weighted by Gasteiger charge is 2.26. The van der Waals surface area contributed by atoms with Crippen molar-refractivity contribution in [3.8, 4) is 0 Å². The molecular weight excluding hydrogens is 352 g/mol. The number of nitrogens with zero attached hydrogens (tertiary/aromatic N) is 2. The second-order valence-electron chi connectivity index (χ2n) is 7.15. The van der Waals surface area contributed by atoms with Crippen molar-refractivity contribution in [1.82, 2.24) is 9.88 Å². The zero-order valence-corrected chi connectivity index (χ0v) is 15.8. The van der Waals surface area contributed by atoms with E-state index in [2.05, 4.69) is 30.3 Å². The molecule has 134 valence electrons. The fourth-order valence-electron chi connectivity index (χ4n) is 3.90. The van der Waals surface area contributed by atoms with Gasteiger partial charge in [0.05, 0.1) is 15.2 Å². The van der Waals surface area contributed by atoms with E-state index < -0.39 is 0 Å². The summed E-state index contributed by atoms with van der Waals surface area (Å²) in [5.41, 5.74) is 1.87. The lowest BCUT2D eigenvalue weighted by molar-refractivity contribution is 0.0713. The first-order valence-electron chi connectivity index (χ1n) is 9.41. The quantitative estimate of drug-likeness (QED) is 0.467. The summed E-state index contributed by atoms with van der Waals surface area (Å²) >= 11 is 1.80. The van der Waals surface area contributed by atoms with Crippen LogP contribution in [0.2, 0.25) is 0 Å². The summed E-state index contributed by atoms with van der Waals surface area (Å²) in [4.78, 5) is 19.7. The summed E-state index contributed by atoms with van der Waals surface area (Å²) < 4.78 is 1.25. The summed E-state index contributed by atoms with van der Waals surface area (Å²) in [6.45, 7) is 1.60. The lowest BCUT2D eigenvalue weighted by Crippen LogP contribution is -2.37. The Morgan fingerprint density at radius 1 is 0.926 bits per heavy atom. The van der Waals surface area contributed by atoms with E-state index in [4.69, 9.17) is 4.98 Å². The molecule has 3 aromatic carbocycles. The van der Waals surface area contributed by atoms with Crippen LogP contribution in [0.4, 0.5) is 0 Å². The molecule has 0 saturated carbocycles. The van der Waals surface area contributed by atoms with Crippen LogP contribution in [0.3, 0.4) is 0 Å². The minimum Gasteiger partial charge on any atom is -0.339 e. The zero-order valence-electron chi connectivity index (χ0n) is 15.0. The number of carbonyl (C=O) groups excluding carboxylic acids is 1. The van der Waals surface area contributed by atoms with Gasteiger partial charge in [0, 0.05) is 24.6 Å². The Balaban J connectivity index is 1.31. The van der Waals surface area contributed by atoms with Crippen molar-refractivity contribution in [3.63, 3.8) is 0 Å². The van der Waals surface area contributed by atoms with Gasteiger partial charge in [-0.3, -0.25) is 4.79 Å². The summed E-state index contributed by atoms with van der Waals surface area (Å²) in [5, 5.41) is 3.50. The normalized spacial score (nSPS) is 15.5. The number of hydrogen-bond donors (Lipinski definition) is 0. The number of para-hydroxylation sites is 1. The van der Waals surface area contributed by atoms with Crippen molar-refractivity contribution < 1.29 is 4.79 Å². The van der Waals surface area contributed by atoms with E-state index in [1.54, 1.807) is 11.3 Å². The largest absolute Gasteiger partial charge is 0.339 e. The molecule has 4 aromatic rings. The van der Waals surface area contributed by atoms with E-state index in [1.807, 2.05) is 41.3 Å². The summed E-state index contributed by atoms with van der Waals surface area (Å²) in [6.07, 6.45) is 1.97. The van der Waals surface area contributed by atoms with Gasteiger partial charge in [-0.1, -0.05) is 42.5 Å². The van der Waals surface area contributed by atoms with Gasteiger partial charge in [-0.15, -0.1) is 11.3 Å². The van der Waals surface area contributed by atoms with Crippen molar-refractivity contribution >= 4 is 38.2 Å². The first-order chi connectivity index (χ1) is 13.3. The Bertz CT molecular complexity index is 1090. The molecule has 1 aliphatic heterocycles. The van der Waals surface area contributed by atoms with Gasteiger partial charge >= 0.3 is 0 Å². The van der Waals surface area contributed by atoms with Crippen LogP contribution in [0.15, 0.2) is 66.7 Å². The van der Waals surface area contributed by atoms with Crippen molar-refractivity contribution in [2.75, 3.05) is 13.1 Å². The van der Waals surface area contributed by atoms with Crippen LogP contribution in [0.25, 0.3) is 21.0 Å². The number of thiazole rings is 1. The number of amides is 1. The number of aromatic nitrogens is 1. The molecule has 0 spiro atoms. The predicted molar refractivity (Wildman–Crippen MR) is 111 cm³/mol. The number of benzene rings is 3. The fraction of sp³-hybridized carbons (Fsp3) is 0.217. The maximum atomic E-state index is 12.9. The maximum absolute atomic E-state index is 12.9. The van der Waals surface area contributed by atoms with Gasteiger partial charge < -0.3 is 4.90 Å². The van der Waals surface area contributed by atoms with Crippen LogP contribution < -0.4 is 0 Å². The molecule has 0 N–H and O–H groups in total. The highest BCUT2D eigenvalue weighted by atomic mass is 32.1. The smallest absolute Gasteiger partial charge is 0.253 e. The molecule has 4 heteroatoms. The van der Waals surface area contributed by atoms with Crippen LogP contribution in [0.1, 0.15) is 34.1 Å². The molecule has 1 aromatic heterocycles. The van der Waals surface area contributed by atoms with Crippen molar-refractivity contribution in [2.45, 2.75) is 18.8 Å². The first kappa shape index (κ1) is 16.5. The number of piperidine rings is 1. The number of likely N-dealkylation sites (tertiary alicyclic amines) is 1. The third-order valence-corrected chi connectivity index (χ3v) is 6.64. The highest BCUT2D eigenvalue weighted by molar-refractivity contribution is 7.18. The molecule has 0 aliphatic carbocycles. The number of carbonyl (C=O) groups is 1. The highest BCUT2D eigenvalue weighted by Crippen LogP contribution is 2.34. The van der Waals surface area contributed by atoms with E-state index >= 15 is 0 Å². The Labute approximate surface area is 162 Å². The van der Waals surface area contributed by atoms with Crippen molar-refractivity contribution in [1.29, 1.82) is 0 Å². The molecule has 0 unspecified atom stereocenters. The molecule has 1 aliphatic rings. The number of rotatable bonds is 2. The molecule has 0 atom stereocenters. The maximum Gasteiger partial charge on any atom is 0.253 e. The van der Waals surface area contributed by atoms with Gasteiger partial charge in [0.15, 0.2) is 0 Å². The molecule has 1 fully saturated rings. The van der Waals surface area contributed by atoms with Gasteiger partial charge in [-0.05, 0) is 47.9 Å². The van der Waals surface area contributed by atoms with Gasteiger partial charge in [-0.25, -0.2) is 4.98 Å². The molecule has 1 amide bonds. The van der Waals surface area contributed by atoms with E-state index in [0.29, 0.717) is 5.92 Å². The summed E-state index contributed by atoms with van der Waals surface area (Å²) in [7, 11) is 0. The molecule has 27 heavy (non-hydrogen) atoms. The second kappa shape index (κ2) is 6.78. The van der Waals surface area contributed by atoms with Gasteiger partial charge in [-0.2, -0.15) is 0 Å². The Morgan fingerprint density at radius 3 is 2.48 bits per heavy atom. The minimum absolute atomic E-state index is 0.142. The fourth-order valence-corrected chi connectivity index (χ4v) is 5.04. The van der Waals surface area contributed by atoms with Crippen LogP contribution in [0, 0.1) is 0 Å². The summed E-state index contributed by atoms with van der Waals surface area (Å²) in [5.74, 6) is 0.603. The average molecular weight is 372 g/mol. The van der Waals surface area contributed by atoms with E-state index in [9.17, 15) is 4.79 Å². The minimum atomic E-state index is 0.142. The average Bonchev–Trinajstić information content (AvgIpc) is 3.17. The molecule has 3 nitrogen and oxygen atoms in total. The second-order valence-corrected chi connectivity index (χ2v) is 8.21. The molecule has 0 bridgehead atoms. The van der Waals surface area contributed by atoms with E-state index in [1.165, 1.54) is 15.1 Å². The molecule has 2 heterocycles. The van der Waals surface area contributed by atoms with Gasteiger partial charge in [0.2, 0.25) is 0 Å². The monoisotopic (exact) mass is 372 g/mol. The van der Waals surface area contributed by atoms with E-state index in [-0.39, 0.29) is 5.91 Å². The topological polar surface area (TPSA) is 33.2 Å². The lowest BCUT2D eigenvalue weighted by Gasteiger charge is -2.31. The molecule has 0 radical (unpaired) electrons. The molecular formula is C23H20N2OS. The third kappa shape index (κ3) is 3.10.